The van der Waals surface area contributed by atoms with E-state index in [1.54, 1.807) is 34.0 Å². The molecule has 42 nitrogen and oxygen atoms in total. The molecule has 1 aromatic heterocycles. The van der Waals surface area contributed by atoms with Crippen LogP contribution in [0.15, 0.2) is 36.8 Å². The van der Waals surface area contributed by atoms with E-state index >= 15 is 0 Å². The molecule has 43 heteroatoms. The summed E-state index contributed by atoms with van der Waals surface area (Å²) < 4.78 is 0. The van der Waals surface area contributed by atoms with Gasteiger partial charge < -0.3 is 134 Å². The van der Waals surface area contributed by atoms with Crippen LogP contribution in [0.2, 0.25) is 0 Å². The second kappa shape index (κ2) is 67.6. The number of aromatic hydroxyl groups is 1. The molecule has 0 saturated heterocycles. The van der Waals surface area contributed by atoms with E-state index in [9.17, 15) is 82.4 Å². The maximum absolute atomic E-state index is 14.8. The fourth-order valence-electron chi connectivity index (χ4n) is 14.2. The second-order valence-electron chi connectivity index (χ2n) is 34.3. The molecular weight excluding hydrogens is 1710 g/mol. The first-order chi connectivity index (χ1) is 62.4. The molecule has 0 aliphatic rings. The van der Waals surface area contributed by atoms with E-state index in [1.165, 1.54) is 107 Å². The number of amides is 14. The molecule has 0 unspecified atom stereocenters. The predicted molar refractivity (Wildman–Crippen MR) is 502 cm³/mol. The number of H-pyrrole nitrogens is 1. The Morgan fingerprint density at radius 2 is 0.771 bits per heavy atom. The minimum Gasteiger partial charge on any atom is -0.508 e. The van der Waals surface area contributed by atoms with Crippen LogP contribution >= 0.6 is 11.8 Å². The number of unbranched alkanes of at least 4 members (excludes halogenated alkanes) is 15. The second-order valence-corrected chi connectivity index (χ2v) is 35.2. The van der Waals surface area contributed by atoms with Crippen LogP contribution in [0, 0.1) is 22.7 Å². The first kappa shape index (κ1) is 117. The summed E-state index contributed by atoms with van der Waals surface area (Å²) in [6.45, 7) is 11.6. The fraction of sp³-hybridized carbons (Fsp3) is 0.716. The average Bonchev–Trinajstić information content (AvgIpc) is 1.14. The summed E-state index contributed by atoms with van der Waals surface area (Å²) in [6, 6.07) is -13.2. The fourth-order valence-corrected chi connectivity index (χ4v) is 14.7. The molecule has 742 valence electrons. The zero-order valence-electron chi connectivity index (χ0n) is 78.2. The molecule has 0 aliphatic carbocycles. The van der Waals surface area contributed by atoms with Crippen molar-refractivity contribution >= 4 is 106 Å². The van der Waals surface area contributed by atoms with Gasteiger partial charge in [0.1, 0.15) is 84.3 Å². The molecule has 14 amide bonds. The van der Waals surface area contributed by atoms with Gasteiger partial charge in [-0.2, -0.15) is 11.8 Å². The standard InChI is InChI=1S/C88H157N25O17S/c1-9-10-11-12-13-14-15-16-17-18-19-20-21-35-72(117)102-61(30-22-25-41-89)76(120)104-63(32-24-27-43-91)78(122)109-68(47-54(2)3)82(126)105-65(34-29-45-99-88(95)96)80(124)112-71(52-114)85(129)107-66(40-46-131-8)81(125)113-73(57(7)115)86(130)101-56(6)75(119)103-62(31-23-26-42-90)77(121)111-70(49-58-36-38-60(116)39-37-58)84(128)106-64(33-28-44-98-87(93)94)79(123)110-69(48-55(4)5)83(127)108-67(74(92)118)50-59-51-97-53-100-59/h36-39,51,53-57,61-71,73,114-116H,9-35,40-50,52,89-91H2,1-8H3,(H2,92,118)(H,97,100)(H,101,130)(H,102,117)(H,103,119)(H,104,120)(H,105,126)(H,106,128)(H,107,129)(H,108,127)(H,109,122)(H,110,123)(H,111,121)(H,112,124)(H,113,125)(H4,93,94,98)(H4,95,96,99)/t56-,57+,61-,62-,63-,64-,65-,66-,67-,68-,69-,70-,71-,73-/m0/s1. The van der Waals surface area contributed by atoms with Crippen LogP contribution < -0.4 is 114 Å². The number of aromatic amines is 1. The number of hydrogen-bond acceptors (Lipinski definition) is 24. The Balaban J connectivity index is 2.44. The van der Waals surface area contributed by atoms with Gasteiger partial charge in [0.05, 0.1) is 24.7 Å². The van der Waals surface area contributed by atoms with Gasteiger partial charge in [0.2, 0.25) is 82.7 Å². The van der Waals surface area contributed by atoms with Crippen molar-refractivity contribution in [2.75, 3.05) is 51.3 Å². The van der Waals surface area contributed by atoms with Gasteiger partial charge in [-0.1, -0.05) is 124 Å². The van der Waals surface area contributed by atoms with Crippen LogP contribution in [0.4, 0.5) is 0 Å². The Hall–Kier alpha value is -10.5. The Morgan fingerprint density at radius 1 is 0.412 bits per heavy atom. The van der Waals surface area contributed by atoms with E-state index in [4.69, 9.17) is 45.2 Å². The molecule has 1 aromatic carbocycles. The van der Waals surface area contributed by atoms with Crippen molar-refractivity contribution in [1.82, 2.24) is 89.7 Å². The molecule has 2 rings (SSSR count). The van der Waals surface area contributed by atoms with E-state index in [1.807, 2.05) is 0 Å². The van der Waals surface area contributed by atoms with Gasteiger partial charge in [-0.25, -0.2) is 4.98 Å². The minimum absolute atomic E-state index is 0.0194. The number of aliphatic hydroxyl groups excluding tert-OH is 2. The molecule has 0 radical (unpaired) electrons. The number of imidazole rings is 1. The third-order valence-electron chi connectivity index (χ3n) is 21.7. The average molecular weight is 1870 g/mol. The lowest BCUT2D eigenvalue weighted by Gasteiger charge is -2.29. The highest BCUT2D eigenvalue weighted by Crippen LogP contribution is 2.19. The largest absolute Gasteiger partial charge is 0.508 e. The minimum atomic E-state index is -1.84. The molecule has 131 heavy (non-hydrogen) atoms. The number of primary amides is 1. The number of phenolic OH excluding ortho intramolecular Hbond substituents is 1. The van der Waals surface area contributed by atoms with Crippen LogP contribution in [0.25, 0.3) is 0 Å². The molecule has 1 heterocycles. The molecule has 0 saturated carbocycles. The molecule has 0 aliphatic heterocycles. The van der Waals surface area contributed by atoms with Crippen molar-refractivity contribution < 1.29 is 82.4 Å². The van der Waals surface area contributed by atoms with E-state index in [0.29, 0.717) is 56.3 Å². The summed E-state index contributed by atoms with van der Waals surface area (Å²) in [5, 5.41) is 86.9. The molecule has 2 aromatic rings. The highest BCUT2D eigenvalue weighted by Gasteiger charge is 2.39. The number of guanidine groups is 2. The first-order valence-electron chi connectivity index (χ1n) is 46.4. The molecular formula is C88H157N25O17S. The number of aromatic nitrogens is 2. The van der Waals surface area contributed by atoms with Gasteiger partial charge in [-0.05, 0) is 184 Å². The smallest absolute Gasteiger partial charge is 0.245 e. The number of aliphatic hydroxyl groups is 2. The lowest BCUT2D eigenvalue weighted by molar-refractivity contribution is -0.137. The number of phenols is 1. The number of carbonyl (C=O) groups is 14. The number of rotatable bonds is 73. The monoisotopic (exact) mass is 1870 g/mol. The zero-order chi connectivity index (χ0) is 97.8. The van der Waals surface area contributed by atoms with Gasteiger partial charge in [-0.3, -0.25) is 77.9 Å². The maximum atomic E-state index is 14.8. The van der Waals surface area contributed by atoms with Crippen molar-refractivity contribution in [1.29, 1.82) is 10.8 Å². The highest BCUT2D eigenvalue weighted by atomic mass is 32.2. The van der Waals surface area contributed by atoms with E-state index in [2.05, 4.69) is 96.6 Å². The molecule has 33 N–H and O–H groups in total. The molecule has 0 fully saturated rings. The zero-order valence-corrected chi connectivity index (χ0v) is 79.0. The number of hydrogen-bond donors (Lipinski definition) is 27. The van der Waals surface area contributed by atoms with Crippen molar-refractivity contribution in [3.8, 4) is 5.75 Å². The van der Waals surface area contributed by atoms with Gasteiger partial charge in [0.15, 0.2) is 11.9 Å². The normalized spacial score (nSPS) is 14.5. The van der Waals surface area contributed by atoms with Crippen LogP contribution in [0.5, 0.6) is 5.75 Å². The Kier molecular flexibility index (Phi) is 60.2. The summed E-state index contributed by atoms with van der Waals surface area (Å²) in [7, 11) is 0. The predicted octanol–water partition coefficient (Wildman–Crippen LogP) is -0.679. The molecule has 0 spiro atoms. The third-order valence-corrected chi connectivity index (χ3v) is 22.3. The van der Waals surface area contributed by atoms with Crippen LogP contribution in [-0.4, -0.2) is 256 Å². The topological polar surface area (TPSA) is 713 Å². The van der Waals surface area contributed by atoms with Gasteiger partial charge in [0, 0.05) is 38.5 Å². The highest BCUT2D eigenvalue weighted by molar-refractivity contribution is 7.98. The Labute approximate surface area is 775 Å². The van der Waals surface area contributed by atoms with E-state index in [-0.39, 0.29) is 151 Å². The van der Waals surface area contributed by atoms with Crippen molar-refractivity contribution in [2.24, 2.45) is 46.2 Å². The number of thioether (sulfide) groups is 1. The number of nitrogens with two attached hydrogens (primary N) is 6. The Bertz CT molecular complexity index is 3780. The van der Waals surface area contributed by atoms with Crippen molar-refractivity contribution in [2.45, 2.75) is 339 Å². The van der Waals surface area contributed by atoms with Crippen LogP contribution in [0.3, 0.4) is 0 Å². The summed E-state index contributed by atoms with van der Waals surface area (Å²) in [4.78, 5) is 206. The number of benzene rings is 1. The quantitative estimate of drug-likeness (QED) is 0.0222. The lowest BCUT2D eigenvalue weighted by Crippen LogP contribution is -2.62. The van der Waals surface area contributed by atoms with Crippen LogP contribution in [0.1, 0.15) is 252 Å². The van der Waals surface area contributed by atoms with Gasteiger partial charge in [0.25, 0.3) is 0 Å². The Morgan fingerprint density at radius 3 is 1.16 bits per heavy atom. The summed E-state index contributed by atoms with van der Waals surface area (Å²) >= 11 is 1.26. The molecule has 0 bridgehead atoms. The van der Waals surface area contributed by atoms with Gasteiger partial charge in [-0.15, -0.1) is 0 Å². The van der Waals surface area contributed by atoms with Crippen molar-refractivity contribution in [3.63, 3.8) is 0 Å². The lowest BCUT2D eigenvalue weighted by atomic mass is 10.0. The first-order valence-corrected chi connectivity index (χ1v) is 47.8. The molecule has 14 atom stereocenters. The summed E-state index contributed by atoms with van der Waals surface area (Å²) in [6.07, 6.45) is 20.1. The van der Waals surface area contributed by atoms with E-state index in [0.717, 1.165) is 32.6 Å². The number of nitrogens with one attached hydrogen (secondary N) is 18. The number of carbonyl (C=O) groups excluding carboxylic acids is 14. The summed E-state index contributed by atoms with van der Waals surface area (Å²) in [5.41, 5.74) is 35.1. The van der Waals surface area contributed by atoms with Crippen molar-refractivity contribution in [3.05, 3.63) is 48.0 Å². The SMILES string of the molecule is CCCCCCCCCCCCCCCC(=O)N[C@@H](CCCCN)C(=O)N[C@@H](CCCCN)C(=O)N[C@@H](CC(C)C)C(=O)N[C@@H](CCCNC(=N)N)C(=O)N[C@@H](CO)C(=O)N[C@@H](CCSC)C(=O)N[C@H](C(=O)N[C@@H](C)C(=O)N[C@@H](CCCCN)C(=O)N[C@@H](Cc1ccc(O)cc1)C(=O)N[C@@H](CCCNC(=N)N)C(=O)N[C@@H](CC(C)C)C(=O)N[C@@H](Cc1c[nH]cn1)C(N)=O)[C@@H](C)O. The van der Waals surface area contributed by atoms with Gasteiger partial charge >= 0.3 is 0 Å². The van der Waals surface area contributed by atoms with E-state index < -0.39 is 174 Å². The third kappa shape index (κ3) is 50.6. The maximum Gasteiger partial charge on any atom is 0.245 e. The summed E-state index contributed by atoms with van der Waals surface area (Å²) in [5.74, 6) is -13.3. The number of nitrogens with zero attached hydrogens (tertiary/aromatic N) is 1. The van der Waals surface area contributed by atoms with Crippen LogP contribution in [-0.2, 0) is 80.0 Å².